The van der Waals surface area contributed by atoms with Crippen molar-refractivity contribution in [1.82, 2.24) is 0 Å². The van der Waals surface area contributed by atoms with Crippen molar-refractivity contribution in [2.75, 3.05) is 6.61 Å². The second-order valence-corrected chi connectivity index (χ2v) is 2.16. The number of alkyl halides is 3. The summed E-state index contributed by atoms with van der Waals surface area (Å²) >= 11 is 0. The van der Waals surface area contributed by atoms with Crippen molar-refractivity contribution in [3.05, 3.63) is 0 Å². The van der Waals surface area contributed by atoms with E-state index in [0.717, 1.165) is 0 Å². The molecule has 1 aliphatic heterocycles. The standard InChI is InChI=1S/C5H6F3NO2/c6-5(7,8)4-1-3(2-10)9-11-4/h4,10H,1-2H2. The van der Waals surface area contributed by atoms with E-state index in [1.807, 2.05) is 0 Å². The van der Waals surface area contributed by atoms with E-state index in [1.54, 1.807) is 0 Å². The van der Waals surface area contributed by atoms with Crippen molar-refractivity contribution in [3.8, 4) is 0 Å². The Kier molecular flexibility index (Phi) is 2.03. The van der Waals surface area contributed by atoms with Gasteiger partial charge in [0.1, 0.15) is 0 Å². The molecule has 1 atom stereocenters. The van der Waals surface area contributed by atoms with Gasteiger partial charge in [-0.25, -0.2) is 0 Å². The van der Waals surface area contributed by atoms with Crippen LogP contribution in [0.3, 0.4) is 0 Å². The number of hydrogen-bond donors (Lipinski definition) is 1. The summed E-state index contributed by atoms with van der Waals surface area (Å²) < 4.78 is 35.4. The van der Waals surface area contributed by atoms with Gasteiger partial charge < -0.3 is 9.94 Å². The molecule has 1 unspecified atom stereocenters. The number of nitrogens with zero attached hydrogens (tertiary/aromatic N) is 1. The molecule has 0 aromatic rings. The normalized spacial score (nSPS) is 24.7. The van der Waals surface area contributed by atoms with Crippen LogP contribution in [0.15, 0.2) is 5.16 Å². The van der Waals surface area contributed by atoms with Crippen molar-refractivity contribution < 1.29 is 23.1 Å². The molecule has 0 aromatic heterocycles. The SMILES string of the molecule is OCC1=NOC(C(F)(F)F)C1. The van der Waals surface area contributed by atoms with Crippen LogP contribution in [0.1, 0.15) is 6.42 Å². The molecule has 11 heavy (non-hydrogen) atoms. The van der Waals surface area contributed by atoms with E-state index >= 15 is 0 Å². The molecule has 3 nitrogen and oxygen atoms in total. The van der Waals surface area contributed by atoms with Crippen molar-refractivity contribution >= 4 is 5.71 Å². The van der Waals surface area contributed by atoms with Gasteiger partial charge in [0.2, 0.25) is 6.10 Å². The lowest BCUT2D eigenvalue weighted by Crippen LogP contribution is -2.28. The zero-order valence-electron chi connectivity index (χ0n) is 5.43. The number of halogens is 3. The summed E-state index contributed by atoms with van der Waals surface area (Å²) in [7, 11) is 0. The van der Waals surface area contributed by atoms with E-state index in [1.165, 1.54) is 0 Å². The van der Waals surface area contributed by atoms with Crippen molar-refractivity contribution in [2.45, 2.75) is 18.7 Å². The molecule has 0 saturated heterocycles. The van der Waals surface area contributed by atoms with Crippen LogP contribution in [-0.4, -0.2) is 29.7 Å². The Labute approximate surface area is 60.4 Å². The second-order valence-electron chi connectivity index (χ2n) is 2.16. The van der Waals surface area contributed by atoms with Gasteiger partial charge in [-0.1, -0.05) is 5.16 Å². The first-order chi connectivity index (χ1) is 5.04. The summed E-state index contributed by atoms with van der Waals surface area (Å²) in [5.74, 6) is 0. The van der Waals surface area contributed by atoms with Crippen LogP contribution in [0.25, 0.3) is 0 Å². The molecule has 0 radical (unpaired) electrons. The molecule has 0 aliphatic carbocycles. The minimum atomic E-state index is -4.39. The van der Waals surface area contributed by atoms with Crippen LogP contribution in [-0.2, 0) is 4.84 Å². The predicted molar refractivity (Wildman–Crippen MR) is 30.1 cm³/mol. The number of aliphatic hydroxyl groups is 1. The Morgan fingerprint density at radius 1 is 1.64 bits per heavy atom. The molecule has 0 bridgehead atoms. The zero-order chi connectivity index (χ0) is 8.48. The molecule has 1 rings (SSSR count). The van der Waals surface area contributed by atoms with Crippen LogP contribution >= 0.6 is 0 Å². The highest BCUT2D eigenvalue weighted by Gasteiger charge is 2.45. The van der Waals surface area contributed by atoms with E-state index in [9.17, 15) is 13.2 Å². The maximum atomic E-state index is 11.8. The smallest absolute Gasteiger partial charge is 0.390 e. The van der Waals surface area contributed by atoms with E-state index in [4.69, 9.17) is 5.11 Å². The van der Waals surface area contributed by atoms with Gasteiger partial charge in [-0.15, -0.1) is 0 Å². The maximum Gasteiger partial charge on any atom is 0.428 e. The average Bonchev–Trinajstić information content (AvgIpc) is 2.32. The third kappa shape index (κ3) is 1.83. The van der Waals surface area contributed by atoms with Gasteiger partial charge in [-0.3, -0.25) is 0 Å². The highest BCUT2D eigenvalue weighted by atomic mass is 19.4. The number of rotatable bonds is 1. The van der Waals surface area contributed by atoms with E-state index in [0.29, 0.717) is 0 Å². The molecule has 1 aliphatic rings. The first kappa shape index (κ1) is 8.32. The summed E-state index contributed by atoms with van der Waals surface area (Å²) in [5.41, 5.74) is 0.0346. The molecule has 64 valence electrons. The number of hydrogen-bond acceptors (Lipinski definition) is 3. The second kappa shape index (κ2) is 2.69. The Hall–Kier alpha value is -0.780. The highest BCUT2D eigenvalue weighted by Crippen LogP contribution is 2.28. The molecule has 1 N–H and O–H groups in total. The minimum absolute atomic E-state index is 0.0346. The lowest BCUT2D eigenvalue weighted by atomic mass is 10.2. The van der Waals surface area contributed by atoms with Gasteiger partial charge in [-0.05, 0) is 0 Å². The van der Waals surface area contributed by atoms with E-state index in [2.05, 4.69) is 9.99 Å². The Bertz CT molecular complexity index is 177. The molecular weight excluding hydrogens is 163 g/mol. The fourth-order valence-corrected chi connectivity index (χ4v) is 0.696. The minimum Gasteiger partial charge on any atom is -0.390 e. The van der Waals surface area contributed by atoms with Gasteiger partial charge in [0, 0.05) is 6.42 Å². The third-order valence-electron chi connectivity index (χ3n) is 1.28. The summed E-state index contributed by atoms with van der Waals surface area (Å²) in [6, 6.07) is 0. The fraction of sp³-hybridized carbons (Fsp3) is 0.800. The van der Waals surface area contributed by atoms with Gasteiger partial charge in [0.05, 0.1) is 12.3 Å². The van der Waals surface area contributed by atoms with E-state index in [-0.39, 0.29) is 12.1 Å². The summed E-state index contributed by atoms with van der Waals surface area (Å²) in [6.45, 7) is -0.480. The molecule has 6 heteroatoms. The lowest BCUT2D eigenvalue weighted by Gasteiger charge is -2.11. The number of aliphatic hydroxyl groups excluding tert-OH is 1. The van der Waals surface area contributed by atoms with Crippen molar-refractivity contribution in [1.29, 1.82) is 0 Å². The lowest BCUT2D eigenvalue weighted by molar-refractivity contribution is -0.212. The number of oxime groups is 1. The van der Waals surface area contributed by atoms with Crippen LogP contribution < -0.4 is 0 Å². The largest absolute Gasteiger partial charge is 0.428 e. The summed E-state index contributed by atoms with van der Waals surface area (Å²) in [5, 5.41) is 11.4. The maximum absolute atomic E-state index is 11.8. The summed E-state index contributed by atoms with van der Waals surface area (Å²) in [4.78, 5) is 4.02. The molecule has 0 saturated carbocycles. The van der Waals surface area contributed by atoms with Crippen molar-refractivity contribution in [3.63, 3.8) is 0 Å². The van der Waals surface area contributed by atoms with Crippen LogP contribution in [0.5, 0.6) is 0 Å². The topological polar surface area (TPSA) is 41.8 Å². The molecule has 0 amide bonds. The average molecular weight is 169 g/mol. The Morgan fingerprint density at radius 3 is 2.55 bits per heavy atom. The van der Waals surface area contributed by atoms with Crippen LogP contribution in [0, 0.1) is 0 Å². The first-order valence-corrected chi connectivity index (χ1v) is 2.93. The van der Waals surface area contributed by atoms with Gasteiger partial charge in [-0.2, -0.15) is 13.2 Å². The van der Waals surface area contributed by atoms with Crippen LogP contribution in [0.4, 0.5) is 13.2 Å². The molecule has 1 heterocycles. The van der Waals surface area contributed by atoms with Gasteiger partial charge in [0.15, 0.2) is 0 Å². The zero-order valence-corrected chi connectivity index (χ0v) is 5.43. The monoisotopic (exact) mass is 169 g/mol. The Morgan fingerprint density at radius 2 is 2.27 bits per heavy atom. The first-order valence-electron chi connectivity index (χ1n) is 2.93. The molecule has 0 spiro atoms. The van der Waals surface area contributed by atoms with Gasteiger partial charge in [0.25, 0.3) is 0 Å². The van der Waals surface area contributed by atoms with E-state index < -0.39 is 18.9 Å². The Balaban J connectivity index is 2.48. The van der Waals surface area contributed by atoms with Crippen LogP contribution in [0.2, 0.25) is 0 Å². The quantitative estimate of drug-likeness (QED) is 0.627. The predicted octanol–water partition coefficient (Wildman–Crippen LogP) is 0.686. The van der Waals surface area contributed by atoms with Gasteiger partial charge >= 0.3 is 6.18 Å². The van der Waals surface area contributed by atoms with Crippen molar-refractivity contribution in [2.24, 2.45) is 5.16 Å². The summed E-state index contributed by atoms with van der Waals surface area (Å²) in [6.07, 6.45) is -6.62. The third-order valence-corrected chi connectivity index (χ3v) is 1.28. The molecule has 0 fully saturated rings. The molecule has 0 aromatic carbocycles. The fourth-order valence-electron chi connectivity index (χ4n) is 0.696. The molecular formula is C5H6F3NO2. The highest BCUT2D eigenvalue weighted by molar-refractivity contribution is 5.86.